The molecule has 0 saturated carbocycles. The molecule has 1 aliphatic rings. The minimum Gasteiger partial charge on any atom is -0.374 e. The summed E-state index contributed by atoms with van der Waals surface area (Å²) < 4.78 is 5.97. The van der Waals surface area contributed by atoms with Crippen LogP contribution in [0.2, 0.25) is 0 Å². The van der Waals surface area contributed by atoms with Gasteiger partial charge in [0.15, 0.2) is 0 Å². The molecule has 1 N–H and O–H groups in total. The van der Waals surface area contributed by atoms with E-state index >= 15 is 0 Å². The molecule has 0 spiro atoms. The lowest BCUT2D eigenvalue weighted by molar-refractivity contribution is -0.0467. The monoisotopic (exact) mass is 268 g/mol. The molecular formula is C16H32N2O. The number of ether oxygens (including phenoxy) is 1. The van der Waals surface area contributed by atoms with Crippen molar-refractivity contribution in [1.29, 1.82) is 0 Å². The first kappa shape index (κ1) is 16.7. The van der Waals surface area contributed by atoms with Crippen molar-refractivity contribution in [3.8, 4) is 0 Å². The van der Waals surface area contributed by atoms with Gasteiger partial charge in [0.2, 0.25) is 0 Å². The van der Waals surface area contributed by atoms with Crippen LogP contribution in [0.1, 0.15) is 45.4 Å². The number of nitrogens with zero attached hydrogens (tertiary/aromatic N) is 1. The molecule has 1 rings (SSSR count). The first-order valence-electron chi connectivity index (χ1n) is 7.94. The van der Waals surface area contributed by atoms with Crippen LogP contribution < -0.4 is 5.32 Å². The van der Waals surface area contributed by atoms with E-state index in [0.29, 0.717) is 12.1 Å². The van der Waals surface area contributed by atoms with Crippen LogP contribution in [0.3, 0.4) is 0 Å². The second-order valence-corrected chi connectivity index (χ2v) is 5.53. The van der Waals surface area contributed by atoms with E-state index in [4.69, 9.17) is 4.74 Å². The fourth-order valence-electron chi connectivity index (χ4n) is 2.84. The summed E-state index contributed by atoms with van der Waals surface area (Å²) >= 11 is 0. The molecule has 2 atom stereocenters. The average Bonchev–Trinajstić information content (AvgIpc) is 2.43. The standard InChI is InChI=1S/C16H32N2O/c1-4-6-7-8-9-10-15(17-3)16-14-18(11-5-2)12-13-19-16/h4,15-17H,1,5-14H2,2-3H3. The third-order valence-electron chi connectivity index (χ3n) is 3.96. The van der Waals surface area contributed by atoms with E-state index in [2.05, 4.69) is 30.8 Å². The summed E-state index contributed by atoms with van der Waals surface area (Å²) in [7, 11) is 2.07. The van der Waals surface area contributed by atoms with Gasteiger partial charge in [0.25, 0.3) is 0 Å². The Balaban J connectivity index is 2.26. The Labute approximate surface area is 119 Å². The fraction of sp³-hybridized carbons (Fsp3) is 0.875. The first-order chi connectivity index (χ1) is 9.31. The SMILES string of the molecule is C=CCCCCCC(NC)C1CN(CCC)CCO1. The maximum atomic E-state index is 5.97. The Kier molecular flexibility index (Phi) is 9.14. The zero-order valence-electron chi connectivity index (χ0n) is 12.9. The Morgan fingerprint density at radius 2 is 2.26 bits per heavy atom. The van der Waals surface area contributed by atoms with Crippen molar-refractivity contribution in [1.82, 2.24) is 10.2 Å². The predicted octanol–water partition coefficient (Wildman–Crippen LogP) is 2.82. The second-order valence-electron chi connectivity index (χ2n) is 5.53. The van der Waals surface area contributed by atoms with E-state index < -0.39 is 0 Å². The lowest BCUT2D eigenvalue weighted by Crippen LogP contribution is -2.51. The quantitative estimate of drug-likeness (QED) is 0.487. The molecular weight excluding hydrogens is 236 g/mol. The van der Waals surface area contributed by atoms with Crippen molar-refractivity contribution in [3.05, 3.63) is 12.7 Å². The minimum absolute atomic E-state index is 0.365. The molecule has 19 heavy (non-hydrogen) atoms. The van der Waals surface area contributed by atoms with Crippen LogP contribution in [-0.4, -0.2) is 50.3 Å². The number of morpholine rings is 1. The van der Waals surface area contributed by atoms with Gasteiger partial charge in [-0.15, -0.1) is 6.58 Å². The van der Waals surface area contributed by atoms with E-state index in [1.807, 2.05) is 6.08 Å². The van der Waals surface area contributed by atoms with Gasteiger partial charge in [-0.2, -0.15) is 0 Å². The molecule has 3 heteroatoms. The van der Waals surface area contributed by atoms with E-state index in [-0.39, 0.29) is 0 Å². The van der Waals surface area contributed by atoms with Gasteiger partial charge < -0.3 is 10.1 Å². The third-order valence-corrected chi connectivity index (χ3v) is 3.96. The predicted molar refractivity (Wildman–Crippen MR) is 82.6 cm³/mol. The van der Waals surface area contributed by atoms with Gasteiger partial charge in [0.05, 0.1) is 12.7 Å². The lowest BCUT2D eigenvalue weighted by Gasteiger charge is -2.37. The molecule has 112 valence electrons. The summed E-state index contributed by atoms with van der Waals surface area (Å²) in [5.41, 5.74) is 0. The van der Waals surface area contributed by atoms with E-state index in [1.165, 1.54) is 38.6 Å². The molecule has 0 radical (unpaired) electrons. The highest BCUT2D eigenvalue weighted by molar-refractivity contribution is 4.82. The van der Waals surface area contributed by atoms with Crippen LogP contribution in [0, 0.1) is 0 Å². The fourth-order valence-corrected chi connectivity index (χ4v) is 2.84. The van der Waals surface area contributed by atoms with Gasteiger partial charge in [-0.3, -0.25) is 4.90 Å². The average molecular weight is 268 g/mol. The maximum Gasteiger partial charge on any atom is 0.0855 e. The molecule has 0 aromatic carbocycles. The van der Waals surface area contributed by atoms with Crippen molar-refractivity contribution >= 4 is 0 Å². The number of unbranched alkanes of at least 4 members (excludes halogenated alkanes) is 3. The van der Waals surface area contributed by atoms with Gasteiger partial charge in [-0.05, 0) is 39.3 Å². The molecule has 1 aliphatic heterocycles. The molecule has 1 fully saturated rings. The zero-order valence-corrected chi connectivity index (χ0v) is 12.9. The Bertz CT molecular complexity index is 231. The van der Waals surface area contributed by atoms with Gasteiger partial charge >= 0.3 is 0 Å². The molecule has 0 aliphatic carbocycles. The molecule has 0 bridgehead atoms. The largest absolute Gasteiger partial charge is 0.374 e. The molecule has 0 aromatic heterocycles. The number of hydrogen-bond acceptors (Lipinski definition) is 3. The van der Waals surface area contributed by atoms with Gasteiger partial charge in [0.1, 0.15) is 0 Å². The summed E-state index contributed by atoms with van der Waals surface area (Å²) in [5.74, 6) is 0. The highest BCUT2D eigenvalue weighted by atomic mass is 16.5. The smallest absolute Gasteiger partial charge is 0.0855 e. The number of allylic oxidation sites excluding steroid dienone is 1. The van der Waals surface area contributed by atoms with Gasteiger partial charge in [-0.1, -0.05) is 25.8 Å². The van der Waals surface area contributed by atoms with Crippen molar-refractivity contribution < 1.29 is 4.74 Å². The molecule has 2 unspecified atom stereocenters. The van der Waals surface area contributed by atoms with Gasteiger partial charge in [0, 0.05) is 19.1 Å². The van der Waals surface area contributed by atoms with Crippen LogP contribution in [0.25, 0.3) is 0 Å². The minimum atomic E-state index is 0.365. The molecule has 1 saturated heterocycles. The molecule has 3 nitrogen and oxygen atoms in total. The van der Waals surface area contributed by atoms with Crippen molar-refractivity contribution in [3.63, 3.8) is 0 Å². The summed E-state index contributed by atoms with van der Waals surface area (Å²) in [6.45, 7) is 10.3. The van der Waals surface area contributed by atoms with E-state index in [0.717, 1.165) is 26.1 Å². The Morgan fingerprint density at radius 1 is 1.42 bits per heavy atom. The van der Waals surface area contributed by atoms with Crippen LogP contribution in [0.4, 0.5) is 0 Å². The molecule has 0 aromatic rings. The summed E-state index contributed by atoms with van der Waals surface area (Å²) in [4.78, 5) is 2.54. The van der Waals surface area contributed by atoms with Crippen LogP contribution >= 0.6 is 0 Å². The maximum absolute atomic E-state index is 5.97. The van der Waals surface area contributed by atoms with E-state index in [9.17, 15) is 0 Å². The Morgan fingerprint density at radius 3 is 2.95 bits per heavy atom. The van der Waals surface area contributed by atoms with Gasteiger partial charge in [-0.25, -0.2) is 0 Å². The normalized spacial score (nSPS) is 22.3. The number of likely N-dealkylation sites (N-methyl/N-ethyl adjacent to an activating group) is 1. The topological polar surface area (TPSA) is 24.5 Å². The third kappa shape index (κ3) is 6.55. The number of nitrogens with one attached hydrogen (secondary N) is 1. The highest BCUT2D eigenvalue weighted by Crippen LogP contribution is 2.15. The van der Waals surface area contributed by atoms with Crippen LogP contribution in [-0.2, 0) is 4.74 Å². The zero-order chi connectivity index (χ0) is 13.9. The van der Waals surface area contributed by atoms with Crippen molar-refractivity contribution in [2.75, 3.05) is 33.3 Å². The summed E-state index contributed by atoms with van der Waals surface area (Å²) in [6.07, 6.45) is 9.84. The second kappa shape index (κ2) is 10.4. The number of rotatable bonds is 10. The summed E-state index contributed by atoms with van der Waals surface area (Å²) in [6, 6.07) is 0.503. The highest BCUT2D eigenvalue weighted by Gasteiger charge is 2.26. The van der Waals surface area contributed by atoms with Crippen molar-refractivity contribution in [2.45, 2.75) is 57.6 Å². The molecule has 1 heterocycles. The van der Waals surface area contributed by atoms with E-state index in [1.54, 1.807) is 0 Å². The van der Waals surface area contributed by atoms with Crippen molar-refractivity contribution in [2.24, 2.45) is 0 Å². The number of hydrogen-bond donors (Lipinski definition) is 1. The first-order valence-corrected chi connectivity index (χ1v) is 7.94. The molecule has 0 amide bonds. The lowest BCUT2D eigenvalue weighted by atomic mass is 10.0. The summed E-state index contributed by atoms with van der Waals surface area (Å²) in [5, 5.41) is 3.45. The van der Waals surface area contributed by atoms with Crippen LogP contribution in [0.15, 0.2) is 12.7 Å². The Hall–Kier alpha value is -0.380. The van der Waals surface area contributed by atoms with Crippen LogP contribution in [0.5, 0.6) is 0 Å².